The van der Waals surface area contributed by atoms with E-state index in [2.05, 4.69) is 21.6 Å². The first-order chi connectivity index (χ1) is 14.6. The lowest BCUT2D eigenvalue weighted by molar-refractivity contribution is -0.130. The van der Waals surface area contributed by atoms with Crippen molar-refractivity contribution in [3.8, 4) is 0 Å². The third kappa shape index (κ3) is 7.78. The van der Waals surface area contributed by atoms with Crippen LogP contribution in [-0.2, 0) is 9.53 Å². The molecule has 0 bridgehead atoms. The molecule has 1 amide bonds. The highest BCUT2D eigenvalue weighted by Gasteiger charge is 2.23. The molecule has 1 unspecified atom stereocenters. The summed E-state index contributed by atoms with van der Waals surface area (Å²) < 4.78 is 5.52. The molecule has 1 aliphatic rings. The summed E-state index contributed by atoms with van der Waals surface area (Å²) in [5.41, 5.74) is 1.15. The van der Waals surface area contributed by atoms with Gasteiger partial charge in [-0.1, -0.05) is 23.7 Å². The number of aliphatic imine (C=N–C) groups is 1. The van der Waals surface area contributed by atoms with Crippen molar-refractivity contribution in [3.05, 3.63) is 34.9 Å². The molecular weight excluding hydrogens is 402 g/mol. The quantitative estimate of drug-likeness (QED) is 0.435. The van der Waals surface area contributed by atoms with Gasteiger partial charge in [0.15, 0.2) is 5.96 Å². The molecule has 7 nitrogen and oxygen atoms in total. The van der Waals surface area contributed by atoms with Crippen molar-refractivity contribution in [2.75, 3.05) is 59.0 Å². The molecule has 1 aliphatic heterocycles. The number of carbonyl (C=O) groups is 1. The van der Waals surface area contributed by atoms with Crippen LogP contribution in [0.3, 0.4) is 0 Å². The monoisotopic (exact) mass is 437 g/mol. The van der Waals surface area contributed by atoms with E-state index >= 15 is 0 Å². The van der Waals surface area contributed by atoms with E-state index < -0.39 is 0 Å². The van der Waals surface area contributed by atoms with Crippen LogP contribution in [-0.4, -0.2) is 80.7 Å². The van der Waals surface area contributed by atoms with Crippen LogP contribution in [0.5, 0.6) is 0 Å². The number of carbonyl (C=O) groups excluding carboxylic acids is 1. The van der Waals surface area contributed by atoms with Gasteiger partial charge in [-0.3, -0.25) is 14.7 Å². The number of nitrogens with one attached hydrogen (secondary N) is 2. The summed E-state index contributed by atoms with van der Waals surface area (Å²) in [6.45, 7) is 12.6. The number of nitrogens with zero attached hydrogens (tertiary/aromatic N) is 3. The molecule has 0 aliphatic carbocycles. The summed E-state index contributed by atoms with van der Waals surface area (Å²) in [7, 11) is 0. The van der Waals surface area contributed by atoms with Gasteiger partial charge < -0.3 is 20.3 Å². The molecule has 0 spiro atoms. The highest BCUT2D eigenvalue weighted by atomic mass is 35.5. The lowest BCUT2D eigenvalue weighted by Crippen LogP contribution is -2.42. The zero-order valence-corrected chi connectivity index (χ0v) is 19.2. The van der Waals surface area contributed by atoms with Gasteiger partial charge in [-0.25, -0.2) is 0 Å². The zero-order chi connectivity index (χ0) is 21.8. The predicted molar refractivity (Wildman–Crippen MR) is 123 cm³/mol. The van der Waals surface area contributed by atoms with E-state index in [1.165, 1.54) is 0 Å². The minimum Gasteiger partial charge on any atom is -0.379 e. The van der Waals surface area contributed by atoms with Gasteiger partial charge >= 0.3 is 0 Å². The van der Waals surface area contributed by atoms with Crippen LogP contribution in [0.25, 0.3) is 0 Å². The van der Waals surface area contributed by atoms with Gasteiger partial charge in [-0.2, -0.15) is 0 Å². The van der Waals surface area contributed by atoms with Crippen molar-refractivity contribution < 1.29 is 9.53 Å². The molecule has 30 heavy (non-hydrogen) atoms. The molecule has 1 saturated heterocycles. The normalized spacial score (nSPS) is 16.2. The number of morpholine rings is 1. The Balaban J connectivity index is 2.04. The molecule has 1 aromatic carbocycles. The van der Waals surface area contributed by atoms with Gasteiger partial charge in [0, 0.05) is 50.7 Å². The molecule has 0 saturated carbocycles. The molecule has 168 valence electrons. The highest BCUT2D eigenvalue weighted by Crippen LogP contribution is 2.24. The van der Waals surface area contributed by atoms with E-state index in [0.717, 1.165) is 62.5 Å². The fourth-order valence-corrected chi connectivity index (χ4v) is 3.78. The van der Waals surface area contributed by atoms with Gasteiger partial charge in [-0.15, -0.1) is 0 Å². The standard InChI is InChI=1S/C22H36ClN5O2/c1-4-24-22(25-11-10-21(29)27(5-2)6-3)26-17-20(28-12-14-30-15-13-28)18-8-7-9-19(23)16-18/h7-9,16,20H,4-6,10-15,17H2,1-3H3,(H2,24,25,26). The lowest BCUT2D eigenvalue weighted by Gasteiger charge is -2.34. The average molecular weight is 438 g/mol. The average Bonchev–Trinajstić information content (AvgIpc) is 2.75. The number of benzene rings is 1. The molecule has 8 heteroatoms. The van der Waals surface area contributed by atoms with E-state index in [0.29, 0.717) is 19.5 Å². The second kappa shape index (κ2) is 13.5. The molecule has 0 radical (unpaired) electrons. The third-order valence-electron chi connectivity index (χ3n) is 5.23. The summed E-state index contributed by atoms with van der Waals surface area (Å²) in [6, 6.07) is 8.12. The predicted octanol–water partition coefficient (Wildman–Crippen LogP) is 2.53. The van der Waals surface area contributed by atoms with Gasteiger partial charge in [0.05, 0.1) is 25.8 Å². The Bertz CT molecular complexity index is 675. The lowest BCUT2D eigenvalue weighted by atomic mass is 10.0. The van der Waals surface area contributed by atoms with E-state index in [4.69, 9.17) is 21.3 Å². The van der Waals surface area contributed by atoms with Crippen molar-refractivity contribution in [2.24, 2.45) is 4.99 Å². The van der Waals surface area contributed by atoms with Crippen molar-refractivity contribution in [3.63, 3.8) is 0 Å². The molecule has 1 aromatic rings. The van der Waals surface area contributed by atoms with Gasteiger partial charge in [0.1, 0.15) is 0 Å². The number of halogens is 1. The number of amides is 1. The molecule has 1 fully saturated rings. The Morgan fingerprint density at radius 2 is 1.97 bits per heavy atom. The summed E-state index contributed by atoms with van der Waals surface area (Å²) in [6.07, 6.45) is 0.452. The number of hydrogen-bond acceptors (Lipinski definition) is 4. The molecule has 0 aromatic heterocycles. The van der Waals surface area contributed by atoms with Gasteiger partial charge in [-0.05, 0) is 38.5 Å². The first-order valence-electron chi connectivity index (χ1n) is 11.0. The maximum Gasteiger partial charge on any atom is 0.224 e. The van der Waals surface area contributed by atoms with E-state index in [1.807, 2.05) is 43.9 Å². The summed E-state index contributed by atoms with van der Waals surface area (Å²) >= 11 is 6.25. The molecule has 1 atom stereocenters. The highest BCUT2D eigenvalue weighted by molar-refractivity contribution is 6.30. The fourth-order valence-electron chi connectivity index (χ4n) is 3.58. The minimum absolute atomic E-state index is 0.125. The van der Waals surface area contributed by atoms with Crippen molar-refractivity contribution >= 4 is 23.5 Å². The van der Waals surface area contributed by atoms with Gasteiger partial charge in [0.2, 0.25) is 5.91 Å². The SMILES string of the molecule is CCNC(=NCC(c1cccc(Cl)c1)N1CCOCC1)NCCC(=O)N(CC)CC. The Labute approximate surface area is 185 Å². The Hall–Kier alpha value is -1.83. The smallest absolute Gasteiger partial charge is 0.224 e. The maximum atomic E-state index is 12.2. The summed E-state index contributed by atoms with van der Waals surface area (Å²) in [5.74, 6) is 0.888. The van der Waals surface area contributed by atoms with Crippen molar-refractivity contribution in [1.82, 2.24) is 20.4 Å². The second-order valence-electron chi connectivity index (χ2n) is 7.18. The summed E-state index contributed by atoms with van der Waals surface area (Å²) in [5, 5.41) is 7.31. The Kier molecular flexibility index (Phi) is 11.0. The zero-order valence-electron chi connectivity index (χ0n) is 18.5. The number of guanidine groups is 1. The largest absolute Gasteiger partial charge is 0.379 e. The molecule has 2 rings (SSSR count). The van der Waals surface area contributed by atoms with Crippen LogP contribution in [0.2, 0.25) is 5.02 Å². The van der Waals surface area contributed by atoms with Crippen LogP contribution in [0.1, 0.15) is 38.8 Å². The number of hydrogen-bond donors (Lipinski definition) is 2. The van der Waals surface area contributed by atoms with E-state index in [1.54, 1.807) is 0 Å². The van der Waals surface area contributed by atoms with Crippen LogP contribution in [0.15, 0.2) is 29.3 Å². The second-order valence-corrected chi connectivity index (χ2v) is 7.62. The topological polar surface area (TPSA) is 69.2 Å². The summed E-state index contributed by atoms with van der Waals surface area (Å²) in [4.78, 5) is 21.3. The molecule has 1 heterocycles. The minimum atomic E-state index is 0.125. The van der Waals surface area contributed by atoms with Crippen LogP contribution >= 0.6 is 11.6 Å². The van der Waals surface area contributed by atoms with Crippen LogP contribution in [0, 0.1) is 0 Å². The Morgan fingerprint density at radius 1 is 1.23 bits per heavy atom. The van der Waals surface area contributed by atoms with Crippen LogP contribution < -0.4 is 10.6 Å². The number of ether oxygens (including phenoxy) is 1. The first kappa shape index (κ1) is 24.4. The first-order valence-corrected chi connectivity index (χ1v) is 11.3. The van der Waals surface area contributed by atoms with Crippen molar-refractivity contribution in [1.29, 1.82) is 0 Å². The molecular formula is C22H36ClN5O2. The van der Waals surface area contributed by atoms with E-state index in [-0.39, 0.29) is 11.9 Å². The van der Waals surface area contributed by atoms with E-state index in [9.17, 15) is 4.79 Å². The molecule has 2 N–H and O–H groups in total. The van der Waals surface area contributed by atoms with Gasteiger partial charge in [0.25, 0.3) is 0 Å². The Morgan fingerprint density at radius 3 is 2.60 bits per heavy atom. The van der Waals surface area contributed by atoms with Crippen molar-refractivity contribution in [2.45, 2.75) is 33.2 Å². The third-order valence-corrected chi connectivity index (χ3v) is 5.47. The number of rotatable bonds is 10. The fraction of sp³-hybridized carbons (Fsp3) is 0.636. The maximum absolute atomic E-state index is 12.2. The van der Waals surface area contributed by atoms with Crippen LogP contribution in [0.4, 0.5) is 0 Å².